The van der Waals surface area contributed by atoms with Crippen molar-refractivity contribution in [3.8, 4) is 5.95 Å². The number of anilines is 1. The van der Waals surface area contributed by atoms with Gasteiger partial charge in [0.25, 0.3) is 5.95 Å². The molecule has 1 N–H and O–H groups in total. The Labute approximate surface area is 109 Å². The van der Waals surface area contributed by atoms with Gasteiger partial charge < -0.3 is 4.74 Å². The average Bonchev–Trinajstić information content (AvgIpc) is 2.80. The van der Waals surface area contributed by atoms with Crippen molar-refractivity contribution in [2.45, 2.75) is 26.4 Å². The predicted octanol–water partition coefficient (Wildman–Crippen LogP) is 1.40. The van der Waals surface area contributed by atoms with Gasteiger partial charge in [0.1, 0.15) is 18.3 Å². The minimum atomic E-state index is -0.551. The molecule has 8 nitrogen and oxygen atoms in total. The second-order valence-corrected chi connectivity index (χ2v) is 4.74. The van der Waals surface area contributed by atoms with Crippen molar-refractivity contribution in [3.05, 3.63) is 25.0 Å². The molecule has 0 radical (unpaired) electrons. The number of rotatable bonds is 2. The van der Waals surface area contributed by atoms with E-state index >= 15 is 0 Å². The number of ether oxygens (including phenoxy) is 1. The van der Waals surface area contributed by atoms with Gasteiger partial charge in [0.2, 0.25) is 0 Å². The van der Waals surface area contributed by atoms with Crippen molar-refractivity contribution >= 4 is 11.8 Å². The Balaban J connectivity index is 2.01. The van der Waals surface area contributed by atoms with Crippen molar-refractivity contribution in [2.75, 3.05) is 5.32 Å². The first-order valence-corrected chi connectivity index (χ1v) is 5.61. The third kappa shape index (κ3) is 3.73. The van der Waals surface area contributed by atoms with Crippen molar-refractivity contribution in [1.82, 2.24) is 24.7 Å². The van der Waals surface area contributed by atoms with Gasteiger partial charge in [0, 0.05) is 0 Å². The minimum Gasteiger partial charge on any atom is -0.444 e. The maximum absolute atomic E-state index is 11.5. The molecule has 100 valence electrons. The molecule has 8 heteroatoms. The van der Waals surface area contributed by atoms with Crippen LogP contribution in [0.4, 0.5) is 10.5 Å². The Hall–Kier alpha value is -2.51. The van der Waals surface area contributed by atoms with E-state index < -0.39 is 11.7 Å². The van der Waals surface area contributed by atoms with Crippen LogP contribution < -0.4 is 5.32 Å². The SMILES string of the molecule is CC(C)(C)OC(=O)Nc1cnc(-n2cncn2)nc1. The second-order valence-electron chi connectivity index (χ2n) is 4.74. The van der Waals surface area contributed by atoms with Gasteiger partial charge in [-0.1, -0.05) is 0 Å². The summed E-state index contributed by atoms with van der Waals surface area (Å²) in [5.74, 6) is 0.368. The molecule has 2 aromatic heterocycles. The fraction of sp³-hybridized carbons (Fsp3) is 0.364. The number of hydrogen-bond donors (Lipinski definition) is 1. The molecular weight excluding hydrogens is 248 g/mol. The number of hydrogen-bond acceptors (Lipinski definition) is 6. The number of nitrogens with one attached hydrogen (secondary N) is 1. The molecule has 0 atom stereocenters. The lowest BCUT2D eigenvalue weighted by molar-refractivity contribution is 0.0636. The molecule has 0 saturated heterocycles. The molecule has 1 amide bonds. The van der Waals surface area contributed by atoms with E-state index in [1.54, 1.807) is 20.8 Å². The maximum atomic E-state index is 11.5. The summed E-state index contributed by atoms with van der Waals surface area (Å²) in [6, 6.07) is 0. The highest BCUT2D eigenvalue weighted by Gasteiger charge is 2.16. The lowest BCUT2D eigenvalue weighted by atomic mass is 10.2. The Morgan fingerprint density at radius 2 is 2.00 bits per heavy atom. The summed E-state index contributed by atoms with van der Waals surface area (Å²) in [4.78, 5) is 23.4. The molecule has 0 aliphatic carbocycles. The van der Waals surface area contributed by atoms with Crippen LogP contribution in [0.1, 0.15) is 20.8 Å². The summed E-state index contributed by atoms with van der Waals surface area (Å²) in [5.41, 5.74) is -0.107. The number of aromatic nitrogens is 5. The summed E-state index contributed by atoms with van der Waals surface area (Å²) in [7, 11) is 0. The maximum Gasteiger partial charge on any atom is 0.412 e. The van der Waals surface area contributed by atoms with Crippen molar-refractivity contribution in [3.63, 3.8) is 0 Å². The number of carbonyl (C=O) groups is 1. The van der Waals surface area contributed by atoms with Crippen LogP contribution in [-0.2, 0) is 4.74 Å². The van der Waals surface area contributed by atoms with E-state index in [4.69, 9.17) is 4.74 Å². The van der Waals surface area contributed by atoms with Crippen LogP contribution >= 0.6 is 0 Å². The van der Waals surface area contributed by atoms with Gasteiger partial charge in [0.05, 0.1) is 18.1 Å². The van der Waals surface area contributed by atoms with E-state index in [9.17, 15) is 4.79 Å². The van der Waals surface area contributed by atoms with E-state index in [-0.39, 0.29) is 0 Å². The van der Waals surface area contributed by atoms with Crippen LogP contribution in [-0.4, -0.2) is 36.4 Å². The molecule has 2 heterocycles. The van der Waals surface area contributed by atoms with E-state index in [1.807, 2.05) is 0 Å². The third-order valence-corrected chi connectivity index (χ3v) is 1.91. The van der Waals surface area contributed by atoms with Crippen LogP contribution in [0, 0.1) is 0 Å². The predicted molar refractivity (Wildman–Crippen MR) is 66.8 cm³/mol. The topological polar surface area (TPSA) is 94.8 Å². The molecule has 0 aromatic carbocycles. The quantitative estimate of drug-likeness (QED) is 0.879. The Kier molecular flexibility index (Phi) is 3.41. The smallest absolute Gasteiger partial charge is 0.412 e. The van der Waals surface area contributed by atoms with Gasteiger partial charge in [-0.05, 0) is 20.8 Å². The van der Waals surface area contributed by atoms with E-state index in [0.717, 1.165) is 0 Å². The summed E-state index contributed by atoms with van der Waals surface area (Å²) in [5, 5.41) is 6.43. The van der Waals surface area contributed by atoms with Crippen molar-refractivity contribution < 1.29 is 9.53 Å². The Bertz CT molecular complexity index is 544. The summed E-state index contributed by atoms with van der Waals surface area (Å²) in [6.45, 7) is 5.37. The van der Waals surface area contributed by atoms with E-state index in [2.05, 4.69) is 25.4 Å². The van der Waals surface area contributed by atoms with E-state index in [1.165, 1.54) is 29.7 Å². The Morgan fingerprint density at radius 3 is 2.53 bits per heavy atom. The molecule has 0 aliphatic rings. The zero-order valence-corrected chi connectivity index (χ0v) is 10.9. The summed E-state index contributed by atoms with van der Waals surface area (Å²) in [6.07, 6.45) is 5.25. The zero-order valence-electron chi connectivity index (χ0n) is 10.9. The third-order valence-electron chi connectivity index (χ3n) is 1.91. The number of amides is 1. The normalized spacial score (nSPS) is 11.1. The first-order valence-electron chi connectivity index (χ1n) is 5.61. The molecule has 0 spiro atoms. The fourth-order valence-electron chi connectivity index (χ4n) is 1.24. The minimum absolute atomic E-state index is 0.368. The van der Waals surface area contributed by atoms with Crippen LogP contribution in [0.25, 0.3) is 5.95 Å². The van der Waals surface area contributed by atoms with Gasteiger partial charge in [0.15, 0.2) is 0 Å². The summed E-state index contributed by atoms with van der Waals surface area (Å²) >= 11 is 0. The van der Waals surface area contributed by atoms with Gasteiger partial charge in [-0.3, -0.25) is 5.32 Å². The van der Waals surface area contributed by atoms with Crippen LogP contribution in [0.3, 0.4) is 0 Å². The molecule has 0 bridgehead atoms. The molecule has 19 heavy (non-hydrogen) atoms. The highest BCUT2D eigenvalue weighted by Crippen LogP contribution is 2.10. The van der Waals surface area contributed by atoms with Crippen molar-refractivity contribution in [2.24, 2.45) is 0 Å². The monoisotopic (exact) mass is 262 g/mol. The summed E-state index contributed by atoms with van der Waals surface area (Å²) < 4.78 is 6.52. The van der Waals surface area contributed by atoms with Gasteiger partial charge >= 0.3 is 6.09 Å². The molecule has 0 aliphatic heterocycles. The van der Waals surface area contributed by atoms with Crippen molar-refractivity contribution in [1.29, 1.82) is 0 Å². The standard InChI is InChI=1S/C11H14N6O2/c1-11(2,3)19-10(18)16-8-4-13-9(14-5-8)17-7-12-6-15-17/h4-7H,1-3H3,(H,16,18). The molecule has 0 unspecified atom stereocenters. The molecule has 0 fully saturated rings. The second kappa shape index (κ2) is 5.01. The average molecular weight is 262 g/mol. The van der Waals surface area contributed by atoms with Gasteiger partial charge in [-0.2, -0.15) is 9.78 Å². The molecule has 2 rings (SSSR count). The first kappa shape index (κ1) is 12.9. The molecule has 2 aromatic rings. The molecular formula is C11H14N6O2. The van der Waals surface area contributed by atoms with Gasteiger partial charge in [-0.15, -0.1) is 0 Å². The fourth-order valence-corrected chi connectivity index (χ4v) is 1.24. The zero-order chi connectivity index (χ0) is 13.9. The number of carbonyl (C=O) groups excluding carboxylic acids is 1. The largest absolute Gasteiger partial charge is 0.444 e. The molecule has 0 saturated carbocycles. The van der Waals surface area contributed by atoms with Crippen LogP contribution in [0.5, 0.6) is 0 Å². The lowest BCUT2D eigenvalue weighted by Crippen LogP contribution is -2.27. The van der Waals surface area contributed by atoms with Gasteiger partial charge in [-0.25, -0.2) is 19.7 Å². The highest BCUT2D eigenvalue weighted by atomic mass is 16.6. The lowest BCUT2D eigenvalue weighted by Gasteiger charge is -2.19. The first-order chi connectivity index (χ1) is 8.94. The highest BCUT2D eigenvalue weighted by molar-refractivity contribution is 5.84. The van der Waals surface area contributed by atoms with Crippen LogP contribution in [0.15, 0.2) is 25.0 Å². The van der Waals surface area contributed by atoms with Crippen LogP contribution in [0.2, 0.25) is 0 Å². The number of nitrogens with zero attached hydrogens (tertiary/aromatic N) is 5. The van der Waals surface area contributed by atoms with E-state index in [0.29, 0.717) is 11.6 Å². The Morgan fingerprint density at radius 1 is 1.32 bits per heavy atom.